The van der Waals surface area contributed by atoms with Crippen LogP contribution in [0.15, 0.2) is 0 Å². The molecule has 0 spiro atoms. The molecule has 6 nitrogen and oxygen atoms in total. The summed E-state index contributed by atoms with van der Waals surface area (Å²) in [6.45, 7) is 0.618. The van der Waals surface area contributed by atoms with Gasteiger partial charge in [0.15, 0.2) is 0 Å². The van der Waals surface area contributed by atoms with Gasteiger partial charge >= 0.3 is 5.97 Å². The molecule has 2 rings (SSSR count). The number of likely N-dealkylation sites (tertiary alicyclic amines) is 1. The normalized spacial score (nSPS) is 24.5. The van der Waals surface area contributed by atoms with Crippen LogP contribution in [0.3, 0.4) is 0 Å². The third kappa shape index (κ3) is 2.54. The molecule has 2 amide bonds. The number of amides is 2. The van der Waals surface area contributed by atoms with Crippen LogP contribution in [0.4, 0.5) is 0 Å². The number of hydrogen-bond donors (Lipinski definition) is 1. The number of carboxylic acids is 1. The molecular weight excluding hydrogens is 244 g/mol. The fourth-order valence-electron chi connectivity index (χ4n) is 2.02. The maximum absolute atomic E-state index is 11.9. The van der Waals surface area contributed by atoms with Gasteiger partial charge in [-0.1, -0.05) is 0 Å². The van der Waals surface area contributed by atoms with E-state index in [4.69, 9.17) is 5.11 Å². The highest BCUT2D eigenvalue weighted by Crippen LogP contribution is 2.21. The summed E-state index contributed by atoms with van der Waals surface area (Å²) in [5.41, 5.74) is 0. The second-order valence-corrected chi connectivity index (χ2v) is 5.14. The van der Waals surface area contributed by atoms with Crippen LogP contribution in [0.25, 0.3) is 0 Å². The predicted octanol–water partition coefficient (Wildman–Crippen LogP) is -0.405. The molecule has 1 unspecified atom stereocenters. The molecule has 0 aromatic carbocycles. The first-order valence-electron chi connectivity index (χ1n) is 5.47. The number of hydrogen-bond acceptors (Lipinski definition) is 4. The quantitative estimate of drug-likeness (QED) is 0.745. The van der Waals surface area contributed by atoms with E-state index in [9.17, 15) is 14.4 Å². The summed E-state index contributed by atoms with van der Waals surface area (Å²) < 4.78 is 0. The van der Waals surface area contributed by atoms with E-state index in [-0.39, 0.29) is 18.4 Å². The van der Waals surface area contributed by atoms with E-state index in [0.29, 0.717) is 24.6 Å². The van der Waals surface area contributed by atoms with Gasteiger partial charge in [-0.05, 0) is 6.42 Å². The maximum Gasteiger partial charge on any atom is 0.327 e. The van der Waals surface area contributed by atoms with Crippen LogP contribution in [-0.4, -0.2) is 63.5 Å². The lowest BCUT2D eigenvalue weighted by Crippen LogP contribution is -2.46. The molecule has 1 atom stereocenters. The second kappa shape index (κ2) is 4.95. The van der Waals surface area contributed by atoms with Crippen molar-refractivity contribution in [1.82, 2.24) is 9.80 Å². The van der Waals surface area contributed by atoms with E-state index in [0.717, 1.165) is 6.42 Å². The molecule has 94 valence electrons. The van der Waals surface area contributed by atoms with E-state index in [1.165, 1.54) is 21.6 Å². The van der Waals surface area contributed by atoms with Crippen LogP contribution >= 0.6 is 11.8 Å². The van der Waals surface area contributed by atoms with Crippen molar-refractivity contribution in [1.29, 1.82) is 0 Å². The predicted molar refractivity (Wildman–Crippen MR) is 61.4 cm³/mol. The number of carbonyl (C=O) groups is 3. The van der Waals surface area contributed by atoms with Gasteiger partial charge in [-0.2, -0.15) is 0 Å². The standard InChI is InChI=1S/C10H14N2O4S/c13-8-2-1-3-11(8)4-9(14)12-6-17-5-7(12)10(15)16/h7H,1-6H2,(H,15,16). The Bertz CT molecular complexity index is 360. The summed E-state index contributed by atoms with van der Waals surface area (Å²) in [5, 5.41) is 8.96. The summed E-state index contributed by atoms with van der Waals surface area (Å²) in [5.74, 6) is -0.432. The Hall–Kier alpha value is -1.24. The molecule has 0 radical (unpaired) electrons. The van der Waals surface area contributed by atoms with E-state index in [1.807, 2.05) is 0 Å². The summed E-state index contributed by atoms with van der Waals surface area (Å²) in [4.78, 5) is 37.1. The minimum absolute atomic E-state index is 0.0166. The highest BCUT2D eigenvalue weighted by atomic mass is 32.2. The Morgan fingerprint density at radius 1 is 1.47 bits per heavy atom. The molecule has 0 bridgehead atoms. The van der Waals surface area contributed by atoms with Gasteiger partial charge in [0.1, 0.15) is 6.04 Å². The number of carboxylic acid groups (broad SMARTS) is 1. The van der Waals surface area contributed by atoms with Crippen LogP contribution < -0.4 is 0 Å². The lowest BCUT2D eigenvalue weighted by Gasteiger charge is -2.23. The van der Waals surface area contributed by atoms with Crippen molar-refractivity contribution in [3.8, 4) is 0 Å². The zero-order valence-corrected chi connectivity index (χ0v) is 10.1. The zero-order chi connectivity index (χ0) is 12.4. The third-order valence-electron chi connectivity index (χ3n) is 2.99. The molecule has 2 fully saturated rings. The smallest absolute Gasteiger partial charge is 0.327 e. The Kier molecular flexibility index (Phi) is 3.56. The van der Waals surface area contributed by atoms with Crippen LogP contribution in [0.5, 0.6) is 0 Å². The first-order valence-corrected chi connectivity index (χ1v) is 6.63. The summed E-state index contributed by atoms with van der Waals surface area (Å²) in [7, 11) is 0. The van der Waals surface area contributed by atoms with Crippen molar-refractivity contribution in [2.24, 2.45) is 0 Å². The third-order valence-corrected chi connectivity index (χ3v) is 4.00. The molecule has 2 heterocycles. The summed E-state index contributed by atoms with van der Waals surface area (Å²) >= 11 is 1.43. The Morgan fingerprint density at radius 2 is 2.24 bits per heavy atom. The maximum atomic E-state index is 11.9. The minimum atomic E-state index is -0.976. The van der Waals surface area contributed by atoms with E-state index in [2.05, 4.69) is 0 Å². The summed E-state index contributed by atoms with van der Waals surface area (Å²) in [6, 6.07) is -0.745. The SMILES string of the molecule is O=C(O)C1CSCN1C(=O)CN1CCCC1=O. The highest BCUT2D eigenvalue weighted by molar-refractivity contribution is 7.99. The molecule has 2 aliphatic rings. The first-order chi connectivity index (χ1) is 8.09. The molecule has 2 saturated heterocycles. The largest absolute Gasteiger partial charge is 0.480 e. The molecule has 0 saturated carbocycles. The van der Waals surface area contributed by atoms with E-state index < -0.39 is 12.0 Å². The average Bonchev–Trinajstić information content (AvgIpc) is 2.87. The van der Waals surface area contributed by atoms with Crippen LogP contribution in [0.1, 0.15) is 12.8 Å². The molecule has 7 heteroatoms. The monoisotopic (exact) mass is 258 g/mol. The van der Waals surface area contributed by atoms with Gasteiger partial charge < -0.3 is 14.9 Å². The van der Waals surface area contributed by atoms with Crippen LogP contribution in [0.2, 0.25) is 0 Å². The topological polar surface area (TPSA) is 77.9 Å². The number of aliphatic carboxylic acids is 1. The second-order valence-electron chi connectivity index (χ2n) is 4.14. The zero-order valence-electron chi connectivity index (χ0n) is 9.29. The number of rotatable bonds is 3. The Balaban J connectivity index is 1.95. The van der Waals surface area contributed by atoms with Crippen molar-refractivity contribution < 1.29 is 19.5 Å². The molecule has 0 aliphatic carbocycles. The van der Waals surface area contributed by atoms with Crippen molar-refractivity contribution in [3.63, 3.8) is 0 Å². The lowest BCUT2D eigenvalue weighted by atomic mass is 10.3. The molecule has 2 aliphatic heterocycles. The molecule has 1 N–H and O–H groups in total. The Labute approximate surface area is 103 Å². The fourth-order valence-corrected chi connectivity index (χ4v) is 3.19. The summed E-state index contributed by atoms with van der Waals surface area (Å²) in [6.07, 6.45) is 1.27. The van der Waals surface area contributed by atoms with Gasteiger partial charge in [0.05, 0.1) is 12.4 Å². The fraction of sp³-hybridized carbons (Fsp3) is 0.700. The number of nitrogens with zero attached hydrogens (tertiary/aromatic N) is 2. The van der Waals surface area contributed by atoms with Gasteiger partial charge in [-0.25, -0.2) is 4.79 Å². The number of carbonyl (C=O) groups excluding carboxylic acids is 2. The highest BCUT2D eigenvalue weighted by Gasteiger charge is 2.35. The molecular formula is C10H14N2O4S. The van der Waals surface area contributed by atoms with Gasteiger partial charge in [-0.3, -0.25) is 9.59 Å². The molecule has 0 aromatic rings. The van der Waals surface area contributed by atoms with Gasteiger partial charge in [0.25, 0.3) is 0 Å². The van der Waals surface area contributed by atoms with Crippen molar-refractivity contribution >= 4 is 29.5 Å². The van der Waals surface area contributed by atoms with Crippen molar-refractivity contribution in [2.45, 2.75) is 18.9 Å². The number of thioether (sulfide) groups is 1. The Morgan fingerprint density at radius 3 is 2.82 bits per heavy atom. The van der Waals surface area contributed by atoms with Crippen molar-refractivity contribution in [2.75, 3.05) is 24.7 Å². The van der Waals surface area contributed by atoms with Gasteiger partial charge in [0.2, 0.25) is 11.8 Å². The molecule has 0 aromatic heterocycles. The lowest BCUT2D eigenvalue weighted by molar-refractivity contribution is -0.148. The van der Waals surface area contributed by atoms with Crippen molar-refractivity contribution in [3.05, 3.63) is 0 Å². The van der Waals surface area contributed by atoms with Gasteiger partial charge in [-0.15, -0.1) is 11.8 Å². The minimum Gasteiger partial charge on any atom is -0.480 e. The first kappa shape index (κ1) is 12.2. The van der Waals surface area contributed by atoms with Crippen LogP contribution in [0, 0.1) is 0 Å². The van der Waals surface area contributed by atoms with Crippen LogP contribution in [-0.2, 0) is 14.4 Å². The van der Waals surface area contributed by atoms with Gasteiger partial charge in [0, 0.05) is 18.7 Å². The average molecular weight is 258 g/mol. The molecule has 17 heavy (non-hydrogen) atoms. The van der Waals surface area contributed by atoms with E-state index >= 15 is 0 Å². The van der Waals surface area contributed by atoms with E-state index in [1.54, 1.807) is 0 Å².